The third-order valence-corrected chi connectivity index (χ3v) is 3.67. The number of piperidine rings is 1. The molecule has 19 heavy (non-hydrogen) atoms. The summed E-state index contributed by atoms with van der Waals surface area (Å²) < 4.78 is 5.98. The average Bonchev–Trinajstić information content (AvgIpc) is 2.40. The van der Waals surface area contributed by atoms with Gasteiger partial charge in [-0.05, 0) is 53.5 Å². The minimum Gasteiger partial charge on any atom is -0.496 e. The van der Waals surface area contributed by atoms with Crippen molar-refractivity contribution < 1.29 is 9.53 Å². The Kier molecular flexibility index (Phi) is 6.62. The van der Waals surface area contributed by atoms with Crippen molar-refractivity contribution in [1.82, 2.24) is 5.32 Å². The molecule has 0 unspecified atom stereocenters. The van der Waals surface area contributed by atoms with Crippen molar-refractivity contribution >= 4 is 39.9 Å². The maximum absolute atomic E-state index is 12.0. The maximum atomic E-state index is 12.0. The van der Waals surface area contributed by atoms with Gasteiger partial charge in [-0.1, -0.05) is 6.42 Å². The number of rotatable bonds is 3. The summed E-state index contributed by atoms with van der Waals surface area (Å²) >= 11 is 3.40. The van der Waals surface area contributed by atoms with Gasteiger partial charge in [0.05, 0.1) is 17.6 Å². The molecule has 1 aliphatic rings. The highest BCUT2D eigenvalue weighted by Crippen LogP contribution is 2.27. The van der Waals surface area contributed by atoms with Gasteiger partial charge in [0, 0.05) is 5.69 Å². The van der Waals surface area contributed by atoms with Gasteiger partial charge in [0.15, 0.2) is 0 Å². The number of ether oxygens (including phenoxy) is 1. The molecular weight excluding hydrogens is 332 g/mol. The summed E-state index contributed by atoms with van der Waals surface area (Å²) in [6, 6.07) is 5.44. The Morgan fingerprint density at radius 3 is 2.84 bits per heavy atom. The first-order chi connectivity index (χ1) is 8.70. The minimum absolute atomic E-state index is 0. The monoisotopic (exact) mass is 348 g/mol. The Labute approximate surface area is 127 Å². The smallest absolute Gasteiger partial charge is 0.241 e. The predicted octanol–water partition coefficient (Wildman–Crippen LogP) is 2.96. The van der Waals surface area contributed by atoms with Gasteiger partial charge in [-0.15, -0.1) is 12.4 Å². The summed E-state index contributed by atoms with van der Waals surface area (Å²) in [4.78, 5) is 12.0. The standard InChI is InChI=1S/C13H17BrN2O2.ClH/c1-18-12-6-5-9(8-10(12)14)16-13(17)11-4-2-3-7-15-11;/h5-6,8,11,15H,2-4,7H2,1H3,(H,16,17);1H/t11-;/m1./s1. The molecule has 1 atom stereocenters. The van der Waals surface area contributed by atoms with E-state index < -0.39 is 0 Å². The van der Waals surface area contributed by atoms with E-state index in [0.717, 1.165) is 41.7 Å². The average molecular weight is 350 g/mol. The van der Waals surface area contributed by atoms with Crippen LogP contribution in [0.2, 0.25) is 0 Å². The van der Waals surface area contributed by atoms with Crippen molar-refractivity contribution in [2.75, 3.05) is 19.0 Å². The molecule has 4 nitrogen and oxygen atoms in total. The Hall–Kier alpha value is -0.780. The Morgan fingerprint density at radius 1 is 1.47 bits per heavy atom. The maximum Gasteiger partial charge on any atom is 0.241 e. The van der Waals surface area contributed by atoms with E-state index in [4.69, 9.17) is 4.74 Å². The van der Waals surface area contributed by atoms with Gasteiger partial charge in [-0.25, -0.2) is 0 Å². The molecule has 2 N–H and O–H groups in total. The van der Waals surface area contributed by atoms with Gasteiger partial charge in [-0.2, -0.15) is 0 Å². The fourth-order valence-electron chi connectivity index (χ4n) is 2.05. The highest BCUT2D eigenvalue weighted by atomic mass is 79.9. The lowest BCUT2D eigenvalue weighted by Gasteiger charge is -2.22. The van der Waals surface area contributed by atoms with Gasteiger partial charge in [0.25, 0.3) is 0 Å². The topological polar surface area (TPSA) is 50.4 Å². The molecule has 6 heteroatoms. The highest BCUT2D eigenvalue weighted by molar-refractivity contribution is 9.10. The summed E-state index contributed by atoms with van der Waals surface area (Å²) in [6.07, 6.45) is 3.17. The minimum atomic E-state index is -0.0698. The van der Waals surface area contributed by atoms with Crippen LogP contribution < -0.4 is 15.4 Å². The summed E-state index contributed by atoms with van der Waals surface area (Å²) in [5.74, 6) is 0.788. The zero-order valence-electron chi connectivity index (χ0n) is 10.7. The van der Waals surface area contributed by atoms with E-state index in [0.29, 0.717) is 0 Å². The van der Waals surface area contributed by atoms with Crippen LogP contribution in [0.3, 0.4) is 0 Å². The van der Waals surface area contributed by atoms with Gasteiger partial charge < -0.3 is 15.4 Å². The van der Waals surface area contributed by atoms with Crippen molar-refractivity contribution in [1.29, 1.82) is 0 Å². The number of hydrogen-bond acceptors (Lipinski definition) is 3. The zero-order valence-corrected chi connectivity index (χ0v) is 13.1. The predicted molar refractivity (Wildman–Crippen MR) is 82.2 cm³/mol. The number of nitrogens with one attached hydrogen (secondary N) is 2. The fourth-order valence-corrected chi connectivity index (χ4v) is 2.59. The second kappa shape index (κ2) is 7.72. The fraction of sp³-hybridized carbons (Fsp3) is 0.462. The lowest BCUT2D eigenvalue weighted by atomic mass is 10.0. The molecule has 1 aliphatic heterocycles. The molecule has 0 radical (unpaired) electrons. The molecule has 0 aromatic heterocycles. The normalized spacial score (nSPS) is 18.3. The molecule has 0 bridgehead atoms. The van der Waals surface area contributed by atoms with Crippen LogP contribution in [0, 0.1) is 0 Å². The Bertz CT molecular complexity index is 437. The van der Waals surface area contributed by atoms with Crippen LogP contribution in [-0.4, -0.2) is 25.6 Å². The van der Waals surface area contributed by atoms with Crippen LogP contribution in [0.5, 0.6) is 5.75 Å². The number of carbonyl (C=O) groups is 1. The molecular formula is C13H18BrClN2O2. The highest BCUT2D eigenvalue weighted by Gasteiger charge is 2.20. The first kappa shape index (κ1) is 16.3. The molecule has 0 spiro atoms. The van der Waals surface area contributed by atoms with Crippen molar-refractivity contribution in [2.24, 2.45) is 0 Å². The van der Waals surface area contributed by atoms with E-state index in [9.17, 15) is 4.79 Å². The molecule has 0 saturated carbocycles. The van der Waals surface area contributed by atoms with E-state index >= 15 is 0 Å². The summed E-state index contributed by atoms with van der Waals surface area (Å²) in [5, 5.41) is 6.14. The van der Waals surface area contributed by atoms with E-state index in [2.05, 4.69) is 26.6 Å². The molecule has 1 aromatic rings. The van der Waals surface area contributed by atoms with E-state index in [-0.39, 0.29) is 24.4 Å². The number of anilines is 1. The van der Waals surface area contributed by atoms with Crippen LogP contribution in [0.1, 0.15) is 19.3 Å². The Morgan fingerprint density at radius 2 is 2.26 bits per heavy atom. The van der Waals surface area contributed by atoms with E-state index in [1.165, 1.54) is 0 Å². The number of benzene rings is 1. The molecule has 1 saturated heterocycles. The van der Waals surface area contributed by atoms with Gasteiger partial charge in [-0.3, -0.25) is 4.79 Å². The summed E-state index contributed by atoms with van der Waals surface area (Å²) in [5.41, 5.74) is 0.778. The van der Waals surface area contributed by atoms with Crippen LogP contribution >= 0.6 is 28.3 Å². The van der Waals surface area contributed by atoms with Crippen LogP contribution in [-0.2, 0) is 4.79 Å². The second-order valence-electron chi connectivity index (χ2n) is 4.34. The number of methoxy groups -OCH3 is 1. The zero-order chi connectivity index (χ0) is 13.0. The van der Waals surface area contributed by atoms with E-state index in [1.807, 2.05) is 18.2 Å². The largest absolute Gasteiger partial charge is 0.496 e. The lowest BCUT2D eigenvalue weighted by Crippen LogP contribution is -2.43. The van der Waals surface area contributed by atoms with Crippen molar-refractivity contribution in [3.8, 4) is 5.75 Å². The molecule has 106 valence electrons. The van der Waals surface area contributed by atoms with Crippen molar-refractivity contribution in [3.05, 3.63) is 22.7 Å². The number of halogens is 2. The number of amides is 1. The van der Waals surface area contributed by atoms with Crippen molar-refractivity contribution in [2.45, 2.75) is 25.3 Å². The second-order valence-corrected chi connectivity index (χ2v) is 5.20. The molecule has 0 aliphatic carbocycles. The van der Waals surface area contributed by atoms with E-state index in [1.54, 1.807) is 7.11 Å². The number of hydrogen-bond donors (Lipinski definition) is 2. The van der Waals surface area contributed by atoms with Gasteiger partial charge in [0.2, 0.25) is 5.91 Å². The lowest BCUT2D eigenvalue weighted by molar-refractivity contribution is -0.118. The molecule has 1 fully saturated rings. The summed E-state index contributed by atoms with van der Waals surface area (Å²) in [6.45, 7) is 0.921. The van der Waals surface area contributed by atoms with Crippen LogP contribution in [0.15, 0.2) is 22.7 Å². The third-order valence-electron chi connectivity index (χ3n) is 3.05. The molecule has 1 heterocycles. The number of carbonyl (C=O) groups excluding carboxylic acids is 1. The molecule has 2 rings (SSSR count). The van der Waals surface area contributed by atoms with Gasteiger partial charge in [0.1, 0.15) is 5.75 Å². The first-order valence-electron chi connectivity index (χ1n) is 6.08. The quantitative estimate of drug-likeness (QED) is 0.882. The van der Waals surface area contributed by atoms with Crippen LogP contribution in [0.4, 0.5) is 5.69 Å². The third kappa shape index (κ3) is 4.37. The van der Waals surface area contributed by atoms with Gasteiger partial charge >= 0.3 is 0 Å². The summed E-state index contributed by atoms with van der Waals surface area (Å²) in [7, 11) is 1.62. The molecule has 1 amide bonds. The van der Waals surface area contributed by atoms with Crippen LogP contribution in [0.25, 0.3) is 0 Å². The van der Waals surface area contributed by atoms with Crippen molar-refractivity contribution in [3.63, 3.8) is 0 Å². The SMILES string of the molecule is COc1ccc(NC(=O)[C@H]2CCCCN2)cc1Br.Cl. The Balaban J connectivity index is 0.00000180. The first-order valence-corrected chi connectivity index (χ1v) is 6.88. The molecule has 1 aromatic carbocycles.